The Morgan fingerprint density at radius 2 is 2.10 bits per heavy atom. The Balaban J connectivity index is 1.42. The van der Waals surface area contributed by atoms with Gasteiger partial charge in [0.1, 0.15) is 19.1 Å². The molecule has 3 aliphatic heterocycles. The molecule has 0 bridgehead atoms. The van der Waals surface area contributed by atoms with Crippen LogP contribution in [0.4, 0.5) is 5.69 Å². The molecule has 0 saturated carbocycles. The molecule has 154 valence electrons. The van der Waals surface area contributed by atoms with Crippen LogP contribution in [0.15, 0.2) is 69.8 Å². The second kappa shape index (κ2) is 6.11. The molecule has 0 saturated heterocycles. The normalized spacial score (nSPS) is 20.4. The number of furan rings is 1. The lowest BCUT2D eigenvalue weighted by Gasteiger charge is -2.22. The van der Waals surface area contributed by atoms with Gasteiger partial charge in [-0.25, -0.2) is 9.78 Å². The van der Waals surface area contributed by atoms with E-state index in [1.165, 1.54) is 30.8 Å². The predicted molar refractivity (Wildman–Crippen MR) is 104 cm³/mol. The average molecular weight is 418 g/mol. The van der Waals surface area contributed by atoms with Crippen LogP contribution in [0.1, 0.15) is 27.7 Å². The largest absolute Gasteiger partial charge is 0.464 e. The Labute approximate surface area is 175 Å². The third-order valence-corrected chi connectivity index (χ3v) is 5.45. The standard InChI is InChI=1S/C22H14N2O7/c1-27-20(25)14-10-30-18(23-14)9-24-15-5-3-2-4-13(15)22(21(24)26)8-12-17(31-22)11-29-16-6-7-28-19(12)16/h2-8,10-11H,9H2,1H3. The Morgan fingerprint density at radius 1 is 1.23 bits per heavy atom. The van der Waals surface area contributed by atoms with E-state index in [4.69, 9.17) is 18.3 Å². The maximum atomic E-state index is 13.7. The van der Waals surface area contributed by atoms with Crippen LogP contribution in [0.5, 0.6) is 5.75 Å². The number of aromatic nitrogens is 1. The van der Waals surface area contributed by atoms with Gasteiger partial charge in [-0.3, -0.25) is 9.69 Å². The zero-order valence-electron chi connectivity index (χ0n) is 16.2. The SMILES string of the molecule is COC(=O)c1coc(CN2C(=O)C3(C=C4C(=COc5ccoc54)O3)c3ccccc32)n1. The van der Waals surface area contributed by atoms with Crippen LogP contribution in [0, 0.1) is 0 Å². The lowest BCUT2D eigenvalue weighted by atomic mass is 9.94. The van der Waals surface area contributed by atoms with Gasteiger partial charge in [0.25, 0.3) is 5.91 Å². The quantitative estimate of drug-likeness (QED) is 0.598. The number of benzene rings is 1. The molecule has 5 heterocycles. The fourth-order valence-corrected chi connectivity index (χ4v) is 4.06. The Hall–Kier alpha value is -4.27. The first-order valence-corrected chi connectivity index (χ1v) is 9.42. The van der Waals surface area contributed by atoms with E-state index in [1.54, 1.807) is 12.1 Å². The minimum atomic E-state index is -1.37. The van der Waals surface area contributed by atoms with Crippen molar-refractivity contribution in [1.29, 1.82) is 0 Å². The molecule has 0 radical (unpaired) electrons. The van der Waals surface area contributed by atoms with Crippen molar-refractivity contribution in [1.82, 2.24) is 4.98 Å². The van der Waals surface area contributed by atoms with E-state index in [-0.39, 0.29) is 24.0 Å². The van der Waals surface area contributed by atoms with Crippen LogP contribution >= 0.6 is 0 Å². The highest BCUT2D eigenvalue weighted by Crippen LogP contribution is 2.54. The first-order chi connectivity index (χ1) is 15.1. The summed E-state index contributed by atoms with van der Waals surface area (Å²) in [7, 11) is 1.26. The highest BCUT2D eigenvalue weighted by molar-refractivity contribution is 6.10. The van der Waals surface area contributed by atoms with Crippen molar-refractivity contribution < 1.29 is 32.6 Å². The van der Waals surface area contributed by atoms with E-state index in [2.05, 4.69) is 9.72 Å². The predicted octanol–water partition coefficient (Wildman–Crippen LogP) is 3.14. The van der Waals surface area contributed by atoms with E-state index < -0.39 is 11.6 Å². The number of methoxy groups -OCH3 is 1. The Kier molecular flexibility index (Phi) is 3.47. The van der Waals surface area contributed by atoms with Crippen LogP contribution in [0.25, 0.3) is 5.57 Å². The van der Waals surface area contributed by atoms with Gasteiger partial charge in [-0.15, -0.1) is 0 Å². The van der Waals surface area contributed by atoms with Crippen LogP contribution in [-0.4, -0.2) is 24.0 Å². The molecule has 1 unspecified atom stereocenters. The number of rotatable bonds is 3. The van der Waals surface area contributed by atoms with Gasteiger partial charge in [-0.05, 0) is 12.1 Å². The summed E-state index contributed by atoms with van der Waals surface area (Å²) in [5, 5.41) is 0. The number of nitrogens with zero attached hydrogens (tertiary/aromatic N) is 2. The molecule has 1 spiro atoms. The average Bonchev–Trinajstić information content (AvgIpc) is 3.56. The number of carbonyl (C=O) groups is 2. The van der Waals surface area contributed by atoms with E-state index in [1.807, 2.05) is 24.3 Å². The van der Waals surface area contributed by atoms with Gasteiger partial charge in [-0.1, -0.05) is 18.2 Å². The number of fused-ring (bicyclic) bond motifs is 5. The van der Waals surface area contributed by atoms with Crippen molar-refractivity contribution in [3.05, 3.63) is 83.9 Å². The molecule has 0 aliphatic carbocycles. The minimum Gasteiger partial charge on any atom is -0.464 e. The molecule has 1 atom stereocenters. The van der Waals surface area contributed by atoms with Gasteiger partial charge >= 0.3 is 5.97 Å². The molecule has 1 amide bonds. The van der Waals surface area contributed by atoms with Crippen molar-refractivity contribution in [2.24, 2.45) is 0 Å². The zero-order valence-corrected chi connectivity index (χ0v) is 16.2. The molecule has 1 aromatic carbocycles. The third kappa shape index (κ3) is 2.34. The number of hydrogen-bond acceptors (Lipinski definition) is 8. The lowest BCUT2D eigenvalue weighted by Crippen LogP contribution is -2.39. The number of anilines is 1. The van der Waals surface area contributed by atoms with Gasteiger partial charge in [0, 0.05) is 11.6 Å². The number of allylic oxidation sites excluding steroid dienone is 1. The highest BCUT2D eigenvalue weighted by atomic mass is 16.5. The number of ether oxygens (including phenoxy) is 3. The van der Waals surface area contributed by atoms with Crippen molar-refractivity contribution in [3.63, 3.8) is 0 Å². The summed E-state index contributed by atoms with van der Waals surface area (Å²) in [4.78, 5) is 31.0. The first kappa shape index (κ1) is 17.6. The maximum Gasteiger partial charge on any atom is 0.360 e. The summed E-state index contributed by atoms with van der Waals surface area (Å²) in [6.07, 6.45) is 5.94. The van der Waals surface area contributed by atoms with Crippen molar-refractivity contribution in [2.75, 3.05) is 12.0 Å². The van der Waals surface area contributed by atoms with Crippen molar-refractivity contribution in [2.45, 2.75) is 12.1 Å². The van der Waals surface area contributed by atoms with Crippen molar-refractivity contribution in [3.8, 4) is 5.75 Å². The van der Waals surface area contributed by atoms with Gasteiger partial charge in [0.05, 0.1) is 24.6 Å². The van der Waals surface area contributed by atoms with Crippen LogP contribution < -0.4 is 9.64 Å². The maximum absolute atomic E-state index is 13.7. The fourth-order valence-electron chi connectivity index (χ4n) is 4.06. The first-order valence-electron chi connectivity index (χ1n) is 9.42. The van der Waals surface area contributed by atoms with Gasteiger partial charge in [0.15, 0.2) is 23.0 Å². The smallest absolute Gasteiger partial charge is 0.360 e. The van der Waals surface area contributed by atoms with E-state index >= 15 is 0 Å². The fraction of sp³-hybridized carbons (Fsp3) is 0.136. The lowest BCUT2D eigenvalue weighted by molar-refractivity contribution is -0.132. The molecule has 3 aromatic rings. The van der Waals surface area contributed by atoms with Gasteiger partial charge in [0.2, 0.25) is 11.5 Å². The molecule has 9 heteroatoms. The topological polar surface area (TPSA) is 104 Å². The molecular weight excluding hydrogens is 404 g/mol. The van der Waals surface area contributed by atoms with E-state index in [9.17, 15) is 9.59 Å². The number of carbonyl (C=O) groups excluding carboxylic acids is 2. The molecule has 3 aliphatic rings. The zero-order chi connectivity index (χ0) is 21.2. The Morgan fingerprint density at radius 3 is 2.97 bits per heavy atom. The number of para-hydroxylation sites is 1. The van der Waals surface area contributed by atoms with Gasteiger partial charge in [-0.2, -0.15) is 0 Å². The molecule has 0 fully saturated rings. The number of hydrogen-bond donors (Lipinski definition) is 0. The monoisotopic (exact) mass is 418 g/mol. The minimum absolute atomic E-state index is 0.0165. The van der Waals surface area contributed by atoms with E-state index in [0.717, 1.165) is 0 Å². The number of oxazole rings is 1. The summed E-state index contributed by atoms with van der Waals surface area (Å²) >= 11 is 0. The number of amides is 1. The summed E-state index contributed by atoms with van der Waals surface area (Å²) < 4.78 is 27.3. The summed E-state index contributed by atoms with van der Waals surface area (Å²) in [6, 6.07) is 9.02. The molecular formula is C22H14N2O7. The summed E-state index contributed by atoms with van der Waals surface area (Å²) in [5.41, 5.74) is 0.649. The molecule has 2 aromatic heterocycles. The molecule has 9 nitrogen and oxygen atoms in total. The number of esters is 1. The molecule has 6 rings (SSSR count). The summed E-state index contributed by atoms with van der Waals surface area (Å²) in [6.45, 7) is 0.0165. The van der Waals surface area contributed by atoms with Crippen LogP contribution in [0.3, 0.4) is 0 Å². The van der Waals surface area contributed by atoms with E-state index in [0.29, 0.717) is 34.1 Å². The summed E-state index contributed by atoms with van der Waals surface area (Å²) in [5.74, 6) is 0.738. The highest BCUT2D eigenvalue weighted by Gasteiger charge is 2.56. The second-order valence-corrected chi connectivity index (χ2v) is 7.14. The molecule has 0 N–H and O–H groups in total. The molecule has 31 heavy (non-hydrogen) atoms. The van der Waals surface area contributed by atoms with Gasteiger partial charge < -0.3 is 23.0 Å². The van der Waals surface area contributed by atoms with Crippen LogP contribution in [-0.2, 0) is 26.4 Å². The van der Waals surface area contributed by atoms with Crippen molar-refractivity contribution >= 4 is 23.1 Å². The Bertz CT molecular complexity index is 1310. The second-order valence-electron chi connectivity index (χ2n) is 7.14. The third-order valence-electron chi connectivity index (χ3n) is 5.45. The van der Waals surface area contributed by atoms with Crippen LogP contribution in [0.2, 0.25) is 0 Å².